The average Bonchev–Trinajstić information content (AvgIpc) is 2.78. The summed E-state index contributed by atoms with van der Waals surface area (Å²) < 4.78 is 18.7. The van der Waals surface area contributed by atoms with E-state index in [1.807, 2.05) is 23.1 Å². The number of methoxy groups -OCH3 is 1. The van der Waals surface area contributed by atoms with Crippen LogP contribution in [0.15, 0.2) is 42.5 Å². The van der Waals surface area contributed by atoms with Gasteiger partial charge in [0.2, 0.25) is 5.91 Å². The van der Waals surface area contributed by atoms with Crippen molar-refractivity contribution < 1.29 is 18.7 Å². The first-order chi connectivity index (χ1) is 14.1. The molecular weight excluding hydrogens is 371 g/mol. The second-order valence-electron chi connectivity index (χ2n) is 7.66. The van der Waals surface area contributed by atoms with Gasteiger partial charge in [-0.05, 0) is 61.6 Å². The lowest BCUT2D eigenvalue weighted by Crippen LogP contribution is -2.48. The zero-order valence-electron chi connectivity index (χ0n) is 16.6. The van der Waals surface area contributed by atoms with Crippen molar-refractivity contribution in [3.63, 3.8) is 0 Å². The summed E-state index contributed by atoms with van der Waals surface area (Å²) >= 11 is 0. The van der Waals surface area contributed by atoms with E-state index in [2.05, 4.69) is 0 Å². The fraction of sp³-hybridized carbons (Fsp3) is 0.391. The third kappa shape index (κ3) is 3.84. The molecular formula is C23H25FN2O3. The van der Waals surface area contributed by atoms with Crippen molar-refractivity contribution in [3.05, 3.63) is 59.4 Å². The Hall–Kier alpha value is -2.89. The van der Waals surface area contributed by atoms with E-state index < -0.39 is 0 Å². The molecule has 0 radical (unpaired) electrons. The van der Waals surface area contributed by atoms with Gasteiger partial charge in [0.05, 0.1) is 18.7 Å². The monoisotopic (exact) mass is 396 g/mol. The number of likely N-dealkylation sites (tertiary alicyclic amines) is 1. The first kappa shape index (κ1) is 19.4. The van der Waals surface area contributed by atoms with Crippen LogP contribution >= 0.6 is 0 Å². The summed E-state index contributed by atoms with van der Waals surface area (Å²) in [6.45, 7) is 1.66. The first-order valence-electron chi connectivity index (χ1n) is 10.1. The van der Waals surface area contributed by atoms with Crippen molar-refractivity contribution in [1.82, 2.24) is 4.90 Å². The largest absolute Gasteiger partial charge is 0.495 e. The van der Waals surface area contributed by atoms with E-state index in [1.54, 1.807) is 12.0 Å². The minimum absolute atomic E-state index is 0.0482. The zero-order valence-corrected chi connectivity index (χ0v) is 16.6. The van der Waals surface area contributed by atoms with Gasteiger partial charge in [-0.2, -0.15) is 0 Å². The van der Waals surface area contributed by atoms with Gasteiger partial charge in [0.25, 0.3) is 5.91 Å². The van der Waals surface area contributed by atoms with Crippen molar-refractivity contribution in [3.8, 4) is 5.75 Å². The molecule has 5 nitrogen and oxygen atoms in total. The van der Waals surface area contributed by atoms with Crippen molar-refractivity contribution in [1.29, 1.82) is 0 Å². The average molecular weight is 396 g/mol. The van der Waals surface area contributed by atoms with Crippen LogP contribution in [0.5, 0.6) is 5.75 Å². The van der Waals surface area contributed by atoms with Crippen LogP contribution in [0, 0.1) is 11.7 Å². The van der Waals surface area contributed by atoms with Gasteiger partial charge in [0.15, 0.2) is 0 Å². The summed E-state index contributed by atoms with van der Waals surface area (Å²) in [6, 6.07) is 11.4. The van der Waals surface area contributed by atoms with Crippen LogP contribution in [-0.4, -0.2) is 43.5 Å². The maximum Gasteiger partial charge on any atom is 0.253 e. The number of piperidine rings is 1. The first-order valence-corrected chi connectivity index (χ1v) is 10.1. The van der Waals surface area contributed by atoms with E-state index >= 15 is 0 Å². The number of ether oxygens (including phenoxy) is 1. The number of anilines is 1. The van der Waals surface area contributed by atoms with Crippen LogP contribution in [0.25, 0.3) is 0 Å². The van der Waals surface area contributed by atoms with Crippen LogP contribution in [0.2, 0.25) is 0 Å². The summed E-state index contributed by atoms with van der Waals surface area (Å²) in [5.74, 6) is -0.00763. The number of hydrogen-bond donors (Lipinski definition) is 0. The van der Waals surface area contributed by atoms with E-state index in [4.69, 9.17) is 4.74 Å². The minimum Gasteiger partial charge on any atom is -0.495 e. The molecule has 0 N–H and O–H groups in total. The van der Waals surface area contributed by atoms with Crippen LogP contribution in [0.1, 0.15) is 35.2 Å². The Morgan fingerprint density at radius 2 is 1.86 bits per heavy atom. The molecule has 1 saturated heterocycles. The van der Waals surface area contributed by atoms with Crippen molar-refractivity contribution in [2.24, 2.45) is 5.92 Å². The number of hydrogen-bond acceptors (Lipinski definition) is 3. The molecule has 2 heterocycles. The molecule has 2 aromatic rings. The molecule has 2 aromatic carbocycles. The standard InChI is InChI=1S/C23H25FN2O3/c1-29-20-8-2-5-16-6-4-14-26(21(16)20)23(28)18-7-3-13-25(15-18)22(27)17-9-11-19(24)12-10-17/h2,5,8-12,18H,3-4,6-7,13-15H2,1H3. The van der Waals surface area contributed by atoms with Crippen molar-refractivity contribution >= 4 is 17.5 Å². The molecule has 29 heavy (non-hydrogen) atoms. The Morgan fingerprint density at radius 1 is 1.07 bits per heavy atom. The Balaban J connectivity index is 1.53. The molecule has 0 bridgehead atoms. The molecule has 4 rings (SSSR count). The van der Waals surface area contributed by atoms with Gasteiger partial charge < -0.3 is 14.5 Å². The highest BCUT2D eigenvalue weighted by molar-refractivity contribution is 5.99. The van der Waals surface area contributed by atoms with Gasteiger partial charge >= 0.3 is 0 Å². The molecule has 2 aliphatic rings. The van der Waals surface area contributed by atoms with Crippen LogP contribution in [0.4, 0.5) is 10.1 Å². The van der Waals surface area contributed by atoms with Gasteiger partial charge in [-0.15, -0.1) is 0 Å². The predicted molar refractivity (Wildman–Crippen MR) is 109 cm³/mol. The summed E-state index contributed by atoms with van der Waals surface area (Å²) in [5, 5.41) is 0. The number of rotatable bonds is 3. The number of carbonyl (C=O) groups excluding carboxylic acids is 2. The molecule has 0 aliphatic carbocycles. The van der Waals surface area contributed by atoms with Crippen molar-refractivity contribution in [2.75, 3.05) is 31.6 Å². The molecule has 1 atom stereocenters. The fourth-order valence-corrected chi connectivity index (χ4v) is 4.36. The second kappa shape index (κ2) is 8.23. The lowest BCUT2D eigenvalue weighted by molar-refractivity contribution is -0.123. The Kier molecular flexibility index (Phi) is 5.51. The fourth-order valence-electron chi connectivity index (χ4n) is 4.36. The molecule has 0 saturated carbocycles. The zero-order chi connectivity index (χ0) is 20.4. The molecule has 0 aromatic heterocycles. The second-order valence-corrected chi connectivity index (χ2v) is 7.66. The van der Waals surface area contributed by atoms with E-state index in [0.29, 0.717) is 30.9 Å². The third-order valence-electron chi connectivity index (χ3n) is 5.82. The summed E-state index contributed by atoms with van der Waals surface area (Å²) in [5.41, 5.74) is 2.44. The lowest BCUT2D eigenvalue weighted by atomic mass is 9.93. The van der Waals surface area contributed by atoms with Gasteiger partial charge in [-0.3, -0.25) is 9.59 Å². The maximum absolute atomic E-state index is 13.4. The van der Waals surface area contributed by atoms with E-state index in [9.17, 15) is 14.0 Å². The highest BCUT2D eigenvalue weighted by Gasteiger charge is 2.34. The summed E-state index contributed by atoms with van der Waals surface area (Å²) in [7, 11) is 1.62. The number of benzene rings is 2. The Morgan fingerprint density at radius 3 is 2.62 bits per heavy atom. The summed E-state index contributed by atoms with van der Waals surface area (Å²) in [4.78, 5) is 29.8. The van der Waals surface area contributed by atoms with Gasteiger partial charge in [0.1, 0.15) is 11.6 Å². The Bertz CT molecular complexity index is 899. The molecule has 1 unspecified atom stereocenters. The third-order valence-corrected chi connectivity index (χ3v) is 5.82. The van der Waals surface area contributed by atoms with E-state index in [0.717, 1.165) is 36.9 Å². The molecule has 0 spiro atoms. The predicted octanol–water partition coefficient (Wildman–Crippen LogP) is 3.67. The van der Waals surface area contributed by atoms with Crippen molar-refractivity contribution in [2.45, 2.75) is 25.7 Å². The molecule has 2 amide bonds. The minimum atomic E-state index is -0.369. The topological polar surface area (TPSA) is 49.9 Å². The molecule has 6 heteroatoms. The number of nitrogens with zero attached hydrogens (tertiary/aromatic N) is 2. The number of para-hydroxylation sites is 1. The lowest BCUT2D eigenvalue weighted by Gasteiger charge is -2.37. The number of aryl methyl sites for hydroxylation is 1. The van der Waals surface area contributed by atoms with Gasteiger partial charge in [-0.25, -0.2) is 4.39 Å². The van der Waals surface area contributed by atoms with E-state index in [-0.39, 0.29) is 23.5 Å². The number of halogens is 1. The molecule has 2 aliphatic heterocycles. The quantitative estimate of drug-likeness (QED) is 0.796. The number of fused-ring (bicyclic) bond motifs is 1. The highest BCUT2D eigenvalue weighted by atomic mass is 19.1. The normalized spacial score (nSPS) is 18.9. The summed E-state index contributed by atoms with van der Waals surface area (Å²) in [6.07, 6.45) is 3.37. The van der Waals surface area contributed by atoms with E-state index in [1.165, 1.54) is 24.3 Å². The van der Waals surface area contributed by atoms with Gasteiger partial charge in [-0.1, -0.05) is 12.1 Å². The Labute approximate surface area is 170 Å². The number of amides is 2. The maximum atomic E-state index is 13.4. The van der Waals surface area contributed by atoms with Crippen LogP contribution in [0.3, 0.4) is 0 Å². The molecule has 1 fully saturated rings. The van der Waals surface area contributed by atoms with Gasteiger partial charge in [0, 0.05) is 25.2 Å². The SMILES string of the molecule is COc1cccc2c1N(C(=O)C1CCCN(C(=O)c3ccc(F)cc3)C1)CCC2. The van der Waals surface area contributed by atoms with Crippen LogP contribution < -0.4 is 9.64 Å². The highest BCUT2D eigenvalue weighted by Crippen LogP contribution is 2.37. The smallest absolute Gasteiger partial charge is 0.253 e. The number of carbonyl (C=O) groups is 2. The van der Waals surface area contributed by atoms with Crippen LogP contribution in [-0.2, 0) is 11.2 Å². The molecule has 152 valence electrons.